The first kappa shape index (κ1) is 24.8. The zero-order valence-electron chi connectivity index (χ0n) is 18.0. The lowest BCUT2D eigenvalue weighted by Gasteiger charge is -2.11. The van der Waals surface area contributed by atoms with E-state index in [4.69, 9.17) is 38.1 Å². The second kappa shape index (κ2) is 9.73. The van der Waals surface area contributed by atoms with E-state index >= 15 is 0 Å². The molecule has 0 radical (unpaired) electrons. The number of amides is 1. The highest BCUT2D eigenvalue weighted by atomic mass is 35.5. The highest BCUT2D eigenvalue weighted by Gasteiger charge is 2.33. The van der Waals surface area contributed by atoms with Gasteiger partial charge in [0.1, 0.15) is 17.0 Å². The molecule has 0 atom stereocenters. The number of hydrogen-bond donors (Lipinski definition) is 2. The number of oxazole rings is 1. The van der Waals surface area contributed by atoms with Crippen molar-refractivity contribution in [2.75, 3.05) is 7.11 Å². The lowest BCUT2D eigenvalue weighted by atomic mass is 10.1. The molecule has 1 amide bonds. The molecule has 0 saturated carbocycles. The van der Waals surface area contributed by atoms with E-state index in [1.165, 1.54) is 19.2 Å². The molecule has 0 fully saturated rings. The molecule has 3 N–H and O–H groups in total. The van der Waals surface area contributed by atoms with E-state index in [0.717, 1.165) is 6.07 Å². The van der Waals surface area contributed by atoms with Crippen molar-refractivity contribution in [3.05, 3.63) is 75.2 Å². The predicted molar refractivity (Wildman–Crippen MR) is 124 cm³/mol. The molecule has 0 aliphatic carbocycles. The van der Waals surface area contributed by atoms with Crippen LogP contribution in [-0.2, 0) is 19.3 Å². The average molecular weight is 525 g/mol. The summed E-state index contributed by atoms with van der Waals surface area (Å²) in [6, 6.07) is 9.96. The fourth-order valence-electron chi connectivity index (χ4n) is 3.46. The second-order valence-electron chi connectivity index (χ2n) is 7.36. The van der Waals surface area contributed by atoms with Gasteiger partial charge in [-0.1, -0.05) is 23.2 Å². The molecular weight excluding hydrogens is 508 g/mol. The number of alkyl halides is 3. The average Bonchev–Trinajstić information content (AvgIpc) is 3.24. The molecule has 0 aliphatic heterocycles. The molecular formula is C23H17Cl2F3N4O3. The molecule has 0 unspecified atom stereocenters. The molecule has 0 aliphatic rings. The number of halogens is 5. The van der Waals surface area contributed by atoms with E-state index in [2.05, 4.69) is 15.3 Å². The number of benzene rings is 2. The molecule has 12 heteroatoms. The number of nitrogens with two attached hydrogens (primary N) is 1. The van der Waals surface area contributed by atoms with E-state index in [1.807, 2.05) is 0 Å². The lowest BCUT2D eigenvalue weighted by Crippen LogP contribution is -2.24. The Balaban J connectivity index is 1.70. The summed E-state index contributed by atoms with van der Waals surface area (Å²) in [4.78, 5) is 20.8. The molecule has 2 heterocycles. The Morgan fingerprint density at radius 2 is 1.83 bits per heavy atom. The van der Waals surface area contributed by atoms with Gasteiger partial charge in [-0.15, -0.1) is 0 Å². The van der Waals surface area contributed by atoms with Gasteiger partial charge >= 0.3 is 6.18 Å². The Morgan fingerprint density at radius 1 is 1.11 bits per heavy atom. The third-order valence-corrected chi connectivity index (χ3v) is 5.47. The van der Waals surface area contributed by atoms with Crippen LogP contribution in [0.4, 0.5) is 13.2 Å². The van der Waals surface area contributed by atoms with Crippen LogP contribution in [-0.4, -0.2) is 23.0 Å². The van der Waals surface area contributed by atoms with Crippen LogP contribution in [0.15, 0.2) is 46.9 Å². The number of nitrogens with one attached hydrogen (secondary N) is 1. The minimum Gasteiger partial charge on any atom is -0.494 e. The number of methoxy groups -OCH3 is 1. The summed E-state index contributed by atoms with van der Waals surface area (Å²) in [6.07, 6.45) is -4.64. The number of carbonyl (C=O) groups excluding carboxylic acids is 1. The maximum atomic E-state index is 13.2. The summed E-state index contributed by atoms with van der Waals surface area (Å²) in [6.45, 7) is -0.0236. The molecule has 35 heavy (non-hydrogen) atoms. The Kier molecular flexibility index (Phi) is 6.88. The summed E-state index contributed by atoms with van der Waals surface area (Å²) in [5.41, 5.74) is 5.57. The Hall–Kier alpha value is -3.34. The summed E-state index contributed by atoms with van der Waals surface area (Å²) in [7, 11) is 1.32. The Morgan fingerprint density at radius 3 is 2.46 bits per heavy atom. The quantitative estimate of drug-likeness (QED) is 0.339. The van der Waals surface area contributed by atoms with Gasteiger partial charge in [0.25, 0.3) is 5.91 Å². The highest BCUT2D eigenvalue weighted by molar-refractivity contribution is 6.34. The summed E-state index contributed by atoms with van der Waals surface area (Å²) in [5, 5.41) is 3.83. The number of fused-ring (bicyclic) bond motifs is 1. The first-order valence-electron chi connectivity index (χ1n) is 10.1. The van der Waals surface area contributed by atoms with Crippen LogP contribution in [0.5, 0.6) is 5.75 Å². The van der Waals surface area contributed by atoms with Gasteiger partial charge in [0.05, 0.1) is 13.7 Å². The topological polar surface area (TPSA) is 103 Å². The first-order chi connectivity index (χ1) is 16.6. The number of carbonyl (C=O) groups is 1. The molecule has 2 aromatic carbocycles. The van der Waals surface area contributed by atoms with Crippen molar-refractivity contribution in [2.45, 2.75) is 19.3 Å². The van der Waals surface area contributed by atoms with Crippen molar-refractivity contribution < 1.29 is 27.1 Å². The van der Waals surface area contributed by atoms with E-state index < -0.39 is 17.8 Å². The zero-order chi connectivity index (χ0) is 25.3. The largest absolute Gasteiger partial charge is 0.494 e. The van der Waals surface area contributed by atoms with Crippen molar-refractivity contribution in [2.24, 2.45) is 5.73 Å². The third-order valence-electron chi connectivity index (χ3n) is 5.03. The smallest absolute Gasteiger partial charge is 0.433 e. The number of aromatic nitrogens is 2. The van der Waals surface area contributed by atoms with Crippen LogP contribution in [0.1, 0.15) is 27.5 Å². The number of hydrogen-bond acceptors (Lipinski definition) is 6. The van der Waals surface area contributed by atoms with Gasteiger partial charge in [0.2, 0.25) is 5.89 Å². The van der Waals surface area contributed by atoms with Crippen LogP contribution in [0.25, 0.3) is 22.4 Å². The monoisotopic (exact) mass is 524 g/mol. The van der Waals surface area contributed by atoms with Crippen LogP contribution in [0.2, 0.25) is 10.0 Å². The molecule has 0 bridgehead atoms. The van der Waals surface area contributed by atoms with E-state index in [1.54, 1.807) is 24.3 Å². The molecule has 7 nitrogen and oxygen atoms in total. The normalized spacial score (nSPS) is 11.6. The predicted octanol–water partition coefficient (Wildman–Crippen LogP) is 5.61. The van der Waals surface area contributed by atoms with Crippen molar-refractivity contribution in [3.63, 3.8) is 0 Å². The van der Waals surface area contributed by atoms with E-state index in [0.29, 0.717) is 26.6 Å². The first-order valence-corrected chi connectivity index (χ1v) is 10.8. The van der Waals surface area contributed by atoms with Crippen molar-refractivity contribution in [1.82, 2.24) is 15.3 Å². The summed E-state index contributed by atoms with van der Waals surface area (Å²) >= 11 is 12.0. The van der Waals surface area contributed by atoms with E-state index in [9.17, 15) is 18.0 Å². The minimum absolute atomic E-state index is 0.00406. The van der Waals surface area contributed by atoms with Gasteiger partial charge in [0, 0.05) is 27.5 Å². The highest BCUT2D eigenvalue weighted by Crippen LogP contribution is 2.37. The second-order valence-corrected chi connectivity index (χ2v) is 8.23. The maximum Gasteiger partial charge on any atom is 0.433 e. The van der Waals surface area contributed by atoms with Crippen LogP contribution in [0.3, 0.4) is 0 Å². The number of ether oxygens (including phenoxy) is 1. The standard InChI is InChI=1S/C23H17Cl2F3N4O3/c1-34-16-4-2-15(14-3-5-18(23(26,27)28)31-19(14)16)22-32-20(17(9-29)35-22)21(33)30-10-11-6-12(24)8-13(25)7-11/h2-8H,9-10,29H2,1H3,(H,30,33). The fraction of sp³-hybridized carbons (Fsp3) is 0.174. The molecule has 4 rings (SSSR count). The molecule has 182 valence electrons. The van der Waals surface area contributed by atoms with Crippen molar-refractivity contribution in [3.8, 4) is 17.2 Å². The maximum absolute atomic E-state index is 13.2. The van der Waals surface area contributed by atoms with Gasteiger partial charge in [-0.25, -0.2) is 9.97 Å². The third kappa shape index (κ3) is 5.19. The van der Waals surface area contributed by atoms with Crippen molar-refractivity contribution >= 4 is 40.0 Å². The van der Waals surface area contributed by atoms with Crippen LogP contribution >= 0.6 is 23.2 Å². The number of rotatable bonds is 6. The molecule has 0 saturated heterocycles. The molecule has 2 aromatic heterocycles. The van der Waals surface area contributed by atoms with Crippen molar-refractivity contribution in [1.29, 1.82) is 0 Å². The Labute approximate surface area is 207 Å². The van der Waals surface area contributed by atoms with Crippen LogP contribution in [0, 0.1) is 0 Å². The summed E-state index contributed by atoms with van der Waals surface area (Å²) < 4.78 is 50.5. The van der Waals surface area contributed by atoms with E-state index in [-0.39, 0.29) is 41.7 Å². The zero-order valence-corrected chi connectivity index (χ0v) is 19.6. The number of nitrogens with zero attached hydrogens (tertiary/aromatic N) is 2. The number of pyridine rings is 1. The SMILES string of the molecule is COc1ccc(-c2nc(C(=O)NCc3cc(Cl)cc(Cl)c3)c(CN)o2)c2ccc(C(F)(F)F)nc12. The van der Waals surface area contributed by atoms with Gasteiger partial charge in [-0.2, -0.15) is 13.2 Å². The van der Waals surface area contributed by atoms with Crippen LogP contribution < -0.4 is 15.8 Å². The molecule has 4 aromatic rings. The van der Waals surface area contributed by atoms with Gasteiger partial charge in [-0.05, 0) is 48.0 Å². The minimum atomic E-state index is -4.64. The van der Waals surface area contributed by atoms with Gasteiger partial charge in [-0.3, -0.25) is 4.79 Å². The van der Waals surface area contributed by atoms with Gasteiger partial charge < -0.3 is 20.2 Å². The fourth-order valence-corrected chi connectivity index (χ4v) is 4.03. The summed E-state index contributed by atoms with van der Waals surface area (Å²) in [5.74, 6) is -0.327. The lowest BCUT2D eigenvalue weighted by molar-refractivity contribution is -0.140. The van der Waals surface area contributed by atoms with Gasteiger partial charge in [0.15, 0.2) is 11.5 Å². The molecule has 0 spiro atoms. The Bertz CT molecular complexity index is 1400.